The van der Waals surface area contributed by atoms with Gasteiger partial charge in [0, 0.05) is 0 Å². The van der Waals surface area contributed by atoms with E-state index in [2.05, 4.69) is 0 Å². The fraction of sp³-hybridized carbons (Fsp3) is 0.750. The van der Waals surface area contributed by atoms with E-state index in [0.29, 0.717) is 0 Å². The first-order chi connectivity index (χ1) is 4.37. The van der Waals surface area contributed by atoms with Crippen molar-refractivity contribution in [3.8, 4) is 5.69 Å². The quantitative estimate of drug-likeness (QED) is 0.457. The predicted molar refractivity (Wildman–Crippen MR) is 33.8 cm³/mol. The van der Waals surface area contributed by atoms with Crippen LogP contribution < -0.4 is 0 Å². The molecule has 0 N–H and O–H groups in total. The van der Waals surface area contributed by atoms with Gasteiger partial charge in [0.15, 0.2) is 0 Å². The molecular formula is C4H5ClF3NSi. The first-order valence-corrected chi connectivity index (χ1v) is 5.76. The molecule has 0 fully saturated rings. The predicted octanol–water partition coefficient (Wildman–Crippen LogP) is 2.35. The number of nitriles is 1. The lowest BCUT2D eigenvalue weighted by Gasteiger charge is -2.16. The normalized spacial score (nSPS) is 17.6. The second-order valence-electron chi connectivity index (χ2n) is 1.76. The standard InChI is InChI=1S/C4H5ClF3NSi/c1-2-10(5,3-9)4(6,7)8/h2H2,1H3. The topological polar surface area (TPSA) is 23.8 Å². The number of alkyl halides is 3. The van der Waals surface area contributed by atoms with Crippen LogP contribution in [0.1, 0.15) is 6.92 Å². The van der Waals surface area contributed by atoms with Crippen molar-refractivity contribution in [2.75, 3.05) is 0 Å². The summed E-state index contributed by atoms with van der Waals surface area (Å²) < 4.78 is 35.4. The van der Waals surface area contributed by atoms with Crippen molar-refractivity contribution in [3.63, 3.8) is 0 Å². The van der Waals surface area contributed by atoms with Crippen molar-refractivity contribution in [1.29, 1.82) is 5.26 Å². The molecule has 0 aliphatic carbocycles. The molecule has 58 valence electrons. The Bertz CT molecular complexity index is 163. The summed E-state index contributed by atoms with van der Waals surface area (Å²) in [4.78, 5) is 0. The van der Waals surface area contributed by atoms with Crippen molar-refractivity contribution in [3.05, 3.63) is 0 Å². The van der Waals surface area contributed by atoms with Gasteiger partial charge >= 0.3 is 13.2 Å². The summed E-state index contributed by atoms with van der Waals surface area (Å²) in [5, 5.41) is 8.08. The van der Waals surface area contributed by atoms with E-state index in [1.807, 2.05) is 0 Å². The highest BCUT2D eigenvalue weighted by atomic mass is 35.6. The Labute approximate surface area is 62.1 Å². The van der Waals surface area contributed by atoms with Crippen LogP contribution in [0.15, 0.2) is 0 Å². The summed E-state index contributed by atoms with van der Waals surface area (Å²) in [6, 6.07) is -0.297. The summed E-state index contributed by atoms with van der Waals surface area (Å²) in [5.41, 5.74) is 1.15. The molecule has 0 aromatic heterocycles. The lowest BCUT2D eigenvalue weighted by atomic mass is 11.0. The monoisotopic (exact) mass is 187 g/mol. The second kappa shape index (κ2) is 2.80. The average molecular weight is 188 g/mol. The molecule has 0 aliphatic rings. The highest BCUT2D eigenvalue weighted by Crippen LogP contribution is 2.33. The third-order valence-electron chi connectivity index (χ3n) is 1.11. The zero-order chi connectivity index (χ0) is 8.41. The highest BCUT2D eigenvalue weighted by Gasteiger charge is 2.56. The van der Waals surface area contributed by atoms with Crippen LogP contribution >= 0.6 is 11.1 Å². The van der Waals surface area contributed by atoms with Gasteiger partial charge in [-0.1, -0.05) is 6.92 Å². The van der Waals surface area contributed by atoms with E-state index in [-0.39, 0.29) is 6.04 Å². The summed E-state index contributed by atoms with van der Waals surface area (Å²) in [6.07, 6.45) is 0. The molecule has 10 heavy (non-hydrogen) atoms. The fourth-order valence-corrected chi connectivity index (χ4v) is 1.03. The van der Waals surface area contributed by atoms with E-state index < -0.39 is 13.2 Å². The minimum Gasteiger partial charge on any atom is -0.205 e. The van der Waals surface area contributed by atoms with Crippen molar-refractivity contribution in [2.24, 2.45) is 0 Å². The Morgan fingerprint density at radius 3 is 2.00 bits per heavy atom. The molecule has 6 heteroatoms. The molecule has 1 nitrogen and oxygen atoms in total. The highest BCUT2D eigenvalue weighted by molar-refractivity contribution is 7.25. The Morgan fingerprint density at radius 1 is 1.60 bits per heavy atom. The maximum absolute atomic E-state index is 11.8. The van der Waals surface area contributed by atoms with Crippen molar-refractivity contribution < 1.29 is 13.2 Å². The van der Waals surface area contributed by atoms with Gasteiger partial charge in [-0.3, -0.25) is 0 Å². The molecule has 0 spiro atoms. The number of rotatable bonds is 1. The van der Waals surface area contributed by atoms with Crippen LogP contribution in [-0.2, 0) is 0 Å². The fourth-order valence-electron chi connectivity index (χ4n) is 0.343. The van der Waals surface area contributed by atoms with Crippen LogP contribution in [0.3, 0.4) is 0 Å². The lowest BCUT2D eigenvalue weighted by molar-refractivity contribution is -0.0521. The molecule has 0 saturated carbocycles. The van der Waals surface area contributed by atoms with E-state index in [1.54, 1.807) is 0 Å². The van der Waals surface area contributed by atoms with E-state index in [1.165, 1.54) is 6.92 Å². The van der Waals surface area contributed by atoms with Gasteiger partial charge in [0.05, 0.1) is 5.69 Å². The smallest absolute Gasteiger partial charge is 0.205 e. The summed E-state index contributed by atoms with van der Waals surface area (Å²) in [6.45, 7) is 1.27. The molecule has 1 unspecified atom stereocenters. The van der Waals surface area contributed by atoms with Crippen molar-refractivity contribution >= 4 is 18.5 Å². The van der Waals surface area contributed by atoms with E-state index in [0.717, 1.165) is 5.69 Å². The van der Waals surface area contributed by atoms with Crippen LogP contribution in [0.25, 0.3) is 0 Å². The van der Waals surface area contributed by atoms with Crippen LogP contribution in [0, 0.1) is 11.0 Å². The molecule has 0 aromatic carbocycles. The third kappa shape index (κ3) is 1.64. The SMILES string of the molecule is CC[Si](Cl)(C#N)C(F)(F)F. The molecule has 0 aliphatic heterocycles. The molecule has 1 atom stereocenters. The molecular weight excluding hydrogens is 183 g/mol. The zero-order valence-corrected chi connectivity index (χ0v) is 6.92. The zero-order valence-electron chi connectivity index (χ0n) is 5.17. The van der Waals surface area contributed by atoms with E-state index in [4.69, 9.17) is 16.3 Å². The van der Waals surface area contributed by atoms with E-state index in [9.17, 15) is 13.2 Å². The molecule has 0 bridgehead atoms. The summed E-state index contributed by atoms with van der Waals surface area (Å²) in [5.74, 6) is -4.50. The minimum absolute atomic E-state index is 0.297. The number of hydrogen-bond acceptors (Lipinski definition) is 1. The average Bonchev–Trinajstić information content (AvgIpc) is 1.84. The lowest BCUT2D eigenvalue weighted by Crippen LogP contribution is -2.43. The Balaban J connectivity index is 4.54. The molecule has 0 radical (unpaired) electrons. The summed E-state index contributed by atoms with van der Waals surface area (Å²) >= 11 is 5.04. The molecule has 0 aromatic rings. The molecule has 0 amide bonds. The Hall–Kier alpha value is -0.213. The van der Waals surface area contributed by atoms with Crippen LogP contribution in [-0.4, -0.2) is 13.2 Å². The van der Waals surface area contributed by atoms with Gasteiger partial charge in [0.1, 0.15) is 0 Å². The minimum atomic E-state index is -4.50. The van der Waals surface area contributed by atoms with Crippen LogP contribution in [0.5, 0.6) is 0 Å². The van der Waals surface area contributed by atoms with Crippen molar-refractivity contribution in [1.82, 2.24) is 0 Å². The van der Waals surface area contributed by atoms with Gasteiger partial charge in [-0.15, -0.1) is 11.1 Å². The first-order valence-electron chi connectivity index (χ1n) is 2.54. The molecule has 0 rings (SSSR count). The summed E-state index contributed by atoms with van der Waals surface area (Å²) in [7, 11) is -4.12. The van der Waals surface area contributed by atoms with Gasteiger partial charge in [0.2, 0.25) is 0 Å². The van der Waals surface area contributed by atoms with Crippen molar-refractivity contribution in [2.45, 2.75) is 18.8 Å². The largest absolute Gasteiger partial charge is 0.392 e. The third-order valence-corrected chi connectivity index (χ3v) is 5.04. The van der Waals surface area contributed by atoms with Gasteiger partial charge in [-0.25, -0.2) is 5.26 Å². The number of halogens is 4. The van der Waals surface area contributed by atoms with Gasteiger partial charge in [0.25, 0.3) is 0 Å². The first kappa shape index (κ1) is 9.79. The maximum Gasteiger partial charge on any atom is 0.392 e. The van der Waals surface area contributed by atoms with E-state index >= 15 is 0 Å². The number of hydrogen-bond donors (Lipinski definition) is 0. The van der Waals surface area contributed by atoms with Gasteiger partial charge < -0.3 is 0 Å². The maximum atomic E-state index is 11.8. The second-order valence-corrected chi connectivity index (χ2v) is 6.80. The van der Waals surface area contributed by atoms with Crippen LogP contribution in [0.4, 0.5) is 13.2 Å². The molecule has 0 heterocycles. The van der Waals surface area contributed by atoms with Gasteiger partial charge in [-0.2, -0.15) is 13.2 Å². The Kier molecular flexibility index (Phi) is 2.74. The number of nitrogens with zero attached hydrogens (tertiary/aromatic N) is 1. The molecule has 0 saturated heterocycles. The Morgan fingerprint density at radius 2 is 2.00 bits per heavy atom. The van der Waals surface area contributed by atoms with Crippen LogP contribution in [0.2, 0.25) is 6.04 Å². The van der Waals surface area contributed by atoms with Gasteiger partial charge in [-0.05, 0) is 6.04 Å².